The number of para-hydroxylation sites is 1. The van der Waals surface area contributed by atoms with E-state index in [9.17, 15) is 4.79 Å². The van der Waals surface area contributed by atoms with Crippen LogP contribution in [0.3, 0.4) is 0 Å². The maximum absolute atomic E-state index is 11.3. The molecule has 0 saturated carbocycles. The summed E-state index contributed by atoms with van der Waals surface area (Å²) < 4.78 is 10.6. The van der Waals surface area contributed by atoms with E-state index in [-0.39, 0.29) is 12.5 Å². The average Bonchev–Trinajstić information content (AvgIpc) is 2.36. The van der Waals surface area contributed by atoms with E-state index in [0.717, 1.165) is 5.56 Å². The van der Waals surface area contributed by atoms with E-state index in [2.05, 4.69) is 5.32 Å². The Labute approximate surface area is 101 Å². The highest BCUT2D eigenvalue weighted by Gasteiger charge is 2.11. The van der Waals surface area contributed by atoms with Crippen LogP contribution >= 0.6 is 0 Å². The van der Waals surface area contributed by atoms with Crippen molar-refractivity contribution in [3.05, 3.63) is 23.8 Å². The maximum atomic E-state index is 11.3. The molecule has 5 heteroatoms. The molecule has 94 valence electrons. The zero-order valence-corrected chi connectivity index (χ0v) is 10.2. The number of carbonyl (C=O) groups excluding carboxylic acids is 1. The van der Waals surface area contributed by atoms with Gasteiger partial charge in [-0.1, -0.05) is 12.1 Å². The molecule has 0 radical (unpaired) electrons. The molecule has 0 fully saturated rings. The van der Waals surface area contributed by atoms with E-state index in [1.54, 1.807) is 13.2 Å². The number of ether oxygens (including phenoxy) is 2. The van der Waals surface area contributed by atoms with Gasteiger partial charge in [-0.15, -0.1) is 0 Å². The largest absolute Gasteiger partial charge is 0.493 e. The molecular formula is C12H18N2O3. The molecule has 0 heterocycles. The van der Waals surface area contributed by atoms with E-state index in [4.69, 9.17) is 15.2 Å². The Kier molecular flexibility index (Phi) is 5.29. The fourth-order valence-electron chi connectivity index (χ4n) is 1.43. The Morgan fingerprint density at radius 3 is 2.82 bits per heavy atom. The second-order valence-electron chi connectivity index (χ2n) is 3.39. The van der Waals surface area contributed by atoms with Crippen molar-refractivity contribution in [1.29, 1.82) is 0 Å². The number of rotatable bonds is 6. The lowest BCUT2D eigenvalue weighted by atomic mass is 10.2. The van der Waals surface area contributed by atoms with Gasteiger partial charge in [0.2, 0.25) is 0 Å². The molecule has 0 aromatic heterocycles. The SMILES string of the molecule is CCNC(=O)COc1c(CN)cccc1OC. The number of carbonyl (C=O) groups is 1. The van der Waals surface area contributed by atoms with Crippen molar-refractivity contribution in [1.82, 2.24) is 5.32 Å². The molecule has 1 aromatic rings. The molecule has 1 aromatic carbocycles. The van der Waals surface area contributed by atoms with Gasteiger partial charge in [-0.05, 0) is 13.0 Å². The van der Waals surface area contributed by atoms with Crippen LogP contribution in [0.25, 0.3) is 0 Å². The molecule has 0 aliphatic carbocycles. The first-order chi connectivity index (χ1) is 8.22. The Bertz CT molecular complexity index is 358. The summed E-state index contributed by atoms with van der Waals surface area (Å²) >= 11 is 0. The van der Waals surface area contributed by atoms with Crippen molar-refractivity contribution in [3.8, 4) is 11.5 Å². The lowest BCUT2D eigenvalue weighted by Crippen LogP contribution is -2.28. The summed E-state index contributed by atoms with van der Waals surface area (Å²) in [6.45, 7) is 2.73. The molecule has 0 unspecified atom stereocenters. The van der Waals surface area contributed by atoms with Gasteiger partial charge in [-0.2, -0.15) is 0 Å². The lowest BCUT2D eigenvalue weighted by Gasteiger charge is -2.13. The molecule has 1 rings (SSSR count). The Morgan fingerprint density at radius 2 is 2.24 bits per heavy atom. The van der Waals surface area contributed by atoms with Gasteiger partial charge in [0.05, 0.1) is 7.11 Å². The lowest BCUT2D eigenvalue weighted by molar-refractivity contribution is -0.123. The monoisotopic (exact) mass is 238 g/mol. The predicted octanol–water partition coefficient (Wildman–Crippen LogP) is 0.669. The van der Waals surface area contributed by atoms with Crippen LogP contribution in [0.2, 0.25) is 0 Å². The van der Waals surface area contributed by atoms with Gasteiger partial charge in [0.25, 0.3) is 5.91 Å². The van der Waals surface area contributed by atoms with Gasteiger partial charge in [-0.25, -0.2) is 0 Å². The minimum absolute atomic E-state index is 0.0405. The van der Waals surface area contributed by atoms with Crippen LogP contribution in [0, 0.1) is 0 Å². The minimum Gasteiger partial charge on any atom is -0.493 e. The Balaban J connectivity index is 2.77. The van der Waals surface area contributed by atoms with Crippen LogP contribution in [0.5, 0.6) is 11.5 Å². The van der Waals surface area contributed by atoms with E-state index in [1.807, 2.05) is 19.1 Å². The molecular weight excluding hydrogens is 220 g/mol. The third kappa shape index (κ3) is 3.64. The number of nitrogens with one attached hydrogen (secondary N) is 1. The van der Waals surface area contributed by atoms with E-state index < -0.39 is 0 Å². The highest BCUT2D eigenvalue weighted by Crippen LogP contribution is 2.30. The predicted molar refractivity (Wildman–Crippen MR) is 65.1 cm³/mol. The van der Waals surface area contributed by atoms with Gasteiger partial charge in [0, 0.05) is 18.7 Å². The van der Waals surface area contributed by atoms with Gasteiger partial charge < -0.3 is 20.5 Å². The molecule has 0 aliphatic heterocycles. The van der Waals surface area contributed by atoms with Gasteiger partial charge in [0.1, 0.15) is 0 Å². The number of hydrogen-bond acceptors (Lipinski definition) is 4. The molecule has 0 bridgehead atoms. The van der Waals surface area contributed by atoms with Gasteiger partial charge in [-0.3, -0.25) is 4.79 Å². The molecule has 0 aliphatic rings. The summed E-state index contributed by atoms with van der Waals surface area (Å²) in [6, 6.07) is 5.45. The number of methoxy groups -OCH3 is 1. The minimum atomic E-state index is -0.165. The van der Waals surface area contributed by atoms with E-state index in [0.29, 0.717) is 24.6 Å². The number of benzene rings is 1. The summed E-state index contributed by atoms with van der Waals surface area (Å²) in [6.07, 6.45) is 0. The highest BCUT2D eigenvalue weighted by atomic mass is 16.5. The fraction of sp³-hybridized carbons (Fsp3) is 0.417. The normalized spacial score (nSPS) is 9.82. The first-order valence-electron chi connectivity index (χ1n) is 5.48. The first kappa shape index (κ1) is 13.3. The summed E-state index contributed by atoms with van der Waals surface area (Å²) in [5.41, 5.74) is 6.42. The molecule has 17 heavy (non-hydrogen) atoms. The second-order valence-corrected chi connectivity index (χ2v) is 3.39. The molecule has 0 saturated heterocycles. The van der Waals surface area contributed by atoms with E-state index >= 15 is 0 Å². The van der Waals surface area contributed by atoms with Crippen molar-refractivity contribution in [2.24, 2.45) is 5.73 Å². The summed E-state index contributed by atoms with van der Waals surface area (Å²) in [5, 5.41) is 2.65. The van der Waals surface area contributed by atoms with Crippen LogP contribution in [0.4, 0.5) is 0 Å². The average molecular weight is 238 g/mol. The Hall–Kier alpha value is -1.75. The van der Waals surface area contributed by atoms with Crippen LogP contribution < -0.4 is 20.5 Å². The number of nitrogens with two attached hydrogens (primary N) is 1. The van der Waals surface area contributed by atoms with Crippen LogP contribution in [0.15, 0.2) is 18.2 Å². The standard InChI is InChI=1S/C12H18N2O3/c1-3-14-11(15)8-17-12-9(7-13)5-4-6-10(12)16-2/h4-6H,3,7-8,13H2,1-2H3,(H,14,15). The smallest absolute Gasteiger partial charge is 0.257 e. The quantitative estimate of drug-likeness (QED) is 0.764. The van der Waals surface area contributed by atoms with Gasteiger partial charge in [0.15, 0.2) is 18.1 Å². The topological polar surface area (TPSA) is 73.6 Å². The summed E-state index contributed by atoms with van der Waals surface area (Å²) in [4.78, 5) is 11.3. The van der Waals surface area contributed by atoms with Crippen LogP contribution in [-0.4, -0.2) is 26.2 Å². The Morgan fingerprint density at radius 1 is 1.47 bits per heavy atom. The molecule has 3 N–H and O–H groups in total. The van der Waals surface area contributed by atoms with Crippen molar-refractivity contribution in [3.63, 3.8) is 0 Å². The zero-order valence-electron chi connectivity index (χ0n) is 10.2. The number of hydrogen-bond donors (Lipinski definition) is 2. The van der Waals surface area contributed by atoms with Crippen molar-refractivity contribution < 1.29 is 14.3 Å². The summed E-state index contributed by atoms with van der Waals surface area (Å²) in [7, 11) is 1.55. The maximum Gasteiger partial charge on any atom is 0.257 e. The summed E-state index contributed by atoms with van der Waals surface area (Å²) in [5.74, 6) is 0.947. The van der Waals surface area contributed by atoms with E-state index in [1.165, 1.54) is 0 Å². The van der Waals surface area contributed by atoms with Crippen molar-refractivity contribution in [2.45, 2.75) is 13.5 Å². The molecule has 0 spiro atoms. The molecule has 1 amide bonds. The first-order valence-corrected chi connectivity index (χ1v) is 5.48. The van der Waals surface area contributed by atoms with Gasteiger partial charge >= 0.3 is 0 Å². The molecule has 5 nitrogen and oxygen atoms in total. The number of amides is 1. The zero-order chi connectivity index (χ0) is 12.7. The third-order valence-electron chi connectivity index (χ3n) is 2.22. The van der Waals surface area contributed by atoms with Crippen molar-refractivity contribution >= 4 is 5.91 Å². The second kappa shape index (κ2) is 6.75. The highest BCUT2D eigenvalue weighted by molar-refractivity contribution is 5.77. The molecule has 0 atom stereocenters. The fourth-order valence-corrected chi connectivity index (χ4v) is 1.43. The van der Waals surface area contributed by atoms with Crippen LogP contribution in [0.1, 0.15) is 12.5 Å². The third-order valence-corrected chi connectivity index (χ3v) is 2.22. The number of likely N-dealkylation sites (N-methyl/N-ethyl adjacent to an activating group) is 1. The van der Waals surface area contributed by atoms with Crippen molar-refractivity contribution in [2.75, 3.05) is 20.3 Å². The van der Waals surface area contributed by atoms with Crippen LogP contribution in [-0.2, 0) is 11.3 Å².